The van der Waals surface area contributed by atoms with Crippen LogP contribution in [0.15, 0.2) is 0 Å². The van der Waals surface area contributed by atoms with Crippen molar-refractivity contribution >= 4 is 5.97 Å². The van der Waals surface area contributed by atoms with Crippen LogP contribution in [-0.4, -0.2) is 24.3 Å². The number of aliphatic hydroxyl groups excluding tert-OH is 1. The number of rotatable bonds is 1. The van der Waals surface area contributed by atoms with E-state index < -0.39 is 11.5 Å². The highest BCUT2D eigenvalue weighted by atomic mass is 16.5. The molecule has 2 aliphatic carbocycles. The van der Waals surface area contributed by atoms with E-state index in [0.29, 0.717) is 5.92 Å². The number of hydrogen-bond acceptors (Lipinski definition) is 3. The molecule has 0 amide bonds. The minimum Gasteiger partial charge on any atom is -0.469 e. The van der Waals surface area contributed by atoms with Gasteiger partial charge in [-0.1, -0.05) is 13.8 Å². The number of carbonyl (C=O) groups is 1. The highest BCUT2D eigenvalue weighted by Gasteiger charge is 2.68. The molecule has 3 atom stereocenters. The summed E-state index contributed by atoms with van der Waals surface area (Å²) in [6.45, 7) is 4.16. The molecule has 2 saturated carbocycles. The van der Waals surface area contributed by atoms with Gasteiger partial charge < -0.3 is 9.84 Å². The Hall–Kier alpha value is -0.570. The number of carbonyl (C=O) groups excluding carboxylic acids is 1. The smallest absolute Gasteiger partial charge is 0.314 e. The Bertz CT molecular complexity index is 272. The van der Waals surface area contributed by atoms with E-state index in [-0.39, 0.29) is 11.4 Å². The number of esters is 1. The summed E-state index contributed by atoms with van der Waals surface area (Å²) >= 11 is 0. The van der Waals surface area contributed by atoms with Crippen molar-refractivity contribution in [1.82, 2.24) is 0 Å². The first-order chi connectivity index (χ1) is 6.46. The lowest BCUT2D eigenvalue weighted by atomic mass is 9.68. The van der Waals surface area contributed by atoms with Gasteiger partial charge in [0.2, 0.25) is 0 Å². The first-order valence-corrected chi connectivity index (χ1v) is 5.23. The predicted octanol–water partition coefficient (Wildman–Crippen LogP) is 1.35. The van der Waals surface area contributed by atoms with Crippen molar-refractivity contribution in [3.63, 3.8) is 0 Å². The number of aliphatic hydroxyl groups is 1. The first-order valence-electron chi connectivity index (χ1n) is 5.23. The van der Waals surface area contributed by atoms with Crippen molar-refractivity contribution in [3.05, 3.63) is 0 Å². The summed E-state index contributed by atoms with van der Waals surface area (Å²) in [5.41, 5.74) is -0.744. The topological polar surface area (TPSA) is 46.5 Å². The Balaban J connectivity index is 2.44. The van der Waals surface area contributed by atoms with Gasteiger partial charge in [-0.25, -0.2) is 0 Å². The van der Waals surface area contributed by atoms with Crippen molar-refractivity contribution in [2.75, 3.05) is 7.11 Å². The van der Waals surface area contributed by atoms with Gasteiger partial charge >= 0.3 is 5.97 Å². The van der Waals surface area contributed by atoms with E-state index in [1.54, 1.807) is 0 Å². The molecule has 0 aromatic heterocycles. The van der Waals surface area contributed by atoms with E-state index in [2.05, 4.69) is 13.8 Å². The van der Waals surface area contributed by atoms with Crippen molar-refractivity contribution in [2.24, 2.45) is 16.7 Å². The summed E-state index contributed by atoms with van der Waals surface area (Å²) in [4.78, 5) is 11.8. The van der Waals surface area contributed by atoms with Gasteiger partial charge in [0.05, 0.1) is 18.6 Å². The predicted molar refractivity (Wildman–Crippen MR) is 51.6 cm³/mol. The number of methoxy groups -OCH3 is 1. The minimum absolute atomic E-state index is 0.112. The van der Waals surface area contributed by atoms with Crippen LogP contribution in [0.25, 0.3) is 0 Å². The molecule has 1 N–H and O–H groups in total. The number of hydrogen-bond donors (Lipinski definition) is 1. The zero-order valence-corrected chi connectivity index (χ0v) is 9.04. The van der Waals surface area contributed by atoms with E-state index in [1.165, 1.54) is 7.11 Å². The summed E-state index contributed by atoms with van der Waals surface area (Å²) in [6, 6.07) is 0. The fourth-order valence-corrected chi connectivity index (χ4v) is 3.61. The Morgan fingerprint density at radius 1 is 1.50 bits per heavy atom. The molecule has 0 spiro atoms. The monoisotopic (exact) mass is 198 g/mol. The minimum atomic E-state index is -0.633. The third kappa shape index (κ3) is 0.842. The van der Waals surface area contributed by atoms with E-state index in [4.69, 9.17) is 4.74 Å². The molecule has 14 heavy (non-hydrogen) atoms. The summed E-state index contributed by atoms with van der Waals surface area (Å²) in [7, 11) is 1.41. The van der Waals surface area contributed by atoms with Crippen molar-refractivity contribution in [2.45, 2.75) is 39.2 Å². The highest BCUT2D eigenvalue weighted by Crippen LogP contribution is 2.66. The van der Waals surface area contributed by atoms with E-state index in [1.807, 2.05) is 0 Å². The normalized spacial score (nSPS) is 44.0. The molecule has 0 heterocycles. The van der Waals surface area contributed by atoms with Crippen LogP contribution in [0.4, 0.5) is 0 Å². The molecule has 2 rings (SSSR count). The van der Waals surface area contributed by atoms with Gasteiger partial charge in [0.25, 0.3) is 0 Å². The second kappa shape index (κ2) is 2.72. The maximum Gasteiger partial charge on any atom is 0.314 e. The van der Waals surface area contributed by atoms with E-state index in [9.17, 15) is 9.90 Å². The molecule has 0 saturated heterocycles. The van der Waals surface area contributed by atoms with Crippen LogP contribution in [0.2, 0.25) is 0 Å². The Kier molecular flexibility index (Phi) is 1.94. The summed E-state index contributed by atoms with van der Waals surface area (Å²) in [6.07, 6.45) is 2.06. The Morgan fingerprint density at radius 2 is 2.14 bits per heavy atom. The zero-order chi connectivity index (χ0) is 10.6. The molecule has 0 aromatic rings. The van der Waals surface area contributed by atoms with Gasteiger partial charge in [-0.05, 0) is 30.6 Å². The van der Waals surface area contributed by atoms with Crippen LogP contribution in [-0.2, 0) is 9.53 Å². The first kappa shape index (κ1) is 9.97. The van der Waals surface area contributed by atoms with Crippen LogP contribution in [0.3, 0.4) is 0 Å². The molecule has 3 heteroatoms. The number of ether oxygens (including phenoxy) is 1. The number of fused-ring (bicyclic) bond motifs is 2. The van der Waals surface area contributed by atoms with Crippen LogP contribution >= 0.6 is 0 Å². The lowest BCUT2D eigenvalue weighted by Gasteiger charge is -2.37. The molecule has 2 aliphatic rings. The lowest BCUT2D eigenvalue weighted by Crippen LogP contribution is -2.46. The molecule has 80 valence electrons. The quantitative estimate of drug-likeness (QED) is 0.647. The maximum atomic E-state index is 11.8. The van der Waals surface area contributed by atoms with Gasteiger partial charge in [-0.3, -0.25) is 4.79 Å². The average molecular weight is 198 g/mol. The molecule has 0 aromatic carbocycles. The van der Waals surface area contributed by atoms with Gasteiger partial charge in [-0.2, -0.15) is 0 Å². The zero-order valence-electron chi connectivity index (χ0n) is 9.04. The molecule has 0 aliphatic heterocycles. The molecule has 2 bridgehead atoms. The third-order valence-electron chi connectivity index (χ3n) is 4.68. The highest BCUT2D eigenvalue weighted by molar-refractivity contribution is 5.80. The molecule has 3 nitrogen and oxygen atoms in total. The molecule has 1 unspecified atom stereocenters. The largest absolute Gasteiger partial charge is 0.469 e. The SMILES string of the molecule is COC(=O)[C@]12CCC(C[C@@H]1O)C2(C)C. The van der Waals surface area contributed by atoms with E-state index >= 15 is 0 Å². The summed E-state index contributed by atoms with van der Waals surface area (Å²) < 4.78 is 4.86. The van der Waals surface area contributed by atoms with Gasteiger partial charge in [0, 0.05) is 0 Å². The van der Waals surface area contributed by atoms with Crippen molar-refractivity contribution < 1.29 is 14.6 Å². The van der Waals surface area contributed by atoms with E-state index in [0.717, 1.165) is 19.3 Å². The second-order valence-corrected chi connectivity index (χ2v) is 5.17. The van der Waals surface area contributed by atoms with Gasteiger partial charge in [0.15, 0.2) is 0 Å². The van der Waals surface area contributed by atoms with Crippen molar-refractivity contribution in [1.29, 1.82) is 0 Å². The lowest BCUT2D eigenvalue weighted by molar-refractivity contribution is -0.165. The Morgan fingerprint density at radius 3 is 2.50 bits per heavy atom. The van der Waals surface area contributed by atoms with Crippen LogP contribution < -0.4 is 0 Å². The maximum absolute atomic E-state index is 11.8. The van der Waals surface area contributed by atoms with Gasteiger partial charge in [0.1, 0.15) is 0 Å². The van der Waals surface area contributed by atoms with Crippen LogP contribution in [0.1, 0.15) is 33.1 Å². The third-order valence-corrected chi connectivity index (χ3v) is 4.68. The average Bonchev–Trinajstić information content (AvgIpc) is 2.49. The van der Waals surface area contributed by atoms with Gasteiger partial charge in [-0.15, -0.1) is 0 Å². The van der Waals surface area contributed by atoms with Crippen molar-refractivity contribution in [3.8, 4) is 0 Å². The van der Waals surface area contributed by atoms with Crippen LogP contribution in [0, 0.1) is 16.7 Å². The molecular formula is C11H18O3. The second-order valence-electron chi connectivity index (χ2n) is 5.17. The molecule has 2 fully saturated rings. The summed E-state index contributed by atoms with van der Waals surface area (Å²) in [5, 5.41) is 10.0. The van der Waals surface area contributed by atoms with Crippen LogP contribution in [0.5, 0.6) is 0 Å². The molecule has 0 radical (unpaired) electrons. The standard InChI is InChI=1S/C11H18O3/c1-10(2)7-4-5-11(10,8(12)6-7)9(13)14-3/h7-8,12H,4-6H2,1-3H3/t7?,8-,11-/m0/s1. The fourth-order valence-electron chi connectivity index (χ4n) is 3.61. The molecular weight excluding hydrogens is 180 g/mol. The fraction of sp³-hybridized carbons (Fsp3) is 0.909. The Labute approximate surface area is 84.4 Å². The summed E-state index contributed by atoms with van der Waals surface area (Å²) in [5.74, 6) is 0.242.